The number of amides is 1. The summed E-state index contributed by atoms with van der Waals surface area (Å²) in [5.74, 6) is -0.882. The summed E-state index contributed by atoms with van der Waals surface area (Å²) in [6, 6.07) is 1.72. The number of anilines is 1. The first-order valence-corrected chi connectivity index (χ1v) is 5.75. The minimum Gasteiger partial charge on any atom is -0.478 e. The second-order valence-electron chi connectivity index (χ2n) is 4.38. The van der Waals surface area contributed by atoms with E-state index in [1.165, 1.54) is 6.20 Å². The second-order valence-corrected chi connectivity index (χ2v) is 4.38. The summed E-state index contributed by atoms with van der Waals surface area (Å²) < 4.78 is 0. The first-order valence-electron chi connectivity index (χ1n) is 5.75. The number of pyridine rings is 1. The molecule has 1 amide bonds. The Hall–Kier alpha value is -2.11. The van der Waals surface area contributed by atoms with E-state index >= 15 is 0 Å². The van der Waals surface area contributed by atoms with Crippen LogP contribution < -0.4 is 5.32 Å². The van der Waals surface area contributed by atoms with Crippen LogP contribution in [-0.2, 0) is 4.79 Å². The predicted octanol–water partition coefficient (Wildman–Crippen LogP) is 0.812. The minimum atomic E-state index is -1.01. The lowest BCUT2D eigenvalue weighted by atomic mass is 10.0. The highest BCUT2D eigenvalue weighted by atomic mass is 16.4. The lowest BCUT2D eigenvalue weighted by Crippen LogP contribution is -2.43. The Bertz CT molecular complexity index is 475. The van der Waals surface area contributed by atoms with E-state index in [1.54, 1.807) is 24.2 Å². The fraction of sp³-hybridized carbons (Fsp3) is 0.417. The first-order chi connectivity index (χ1) is 8.58. The molecule has 0 radical (unpaired) electrons. The molecule has 96 valence electrons. The SMILES string of the molecule is CN1CC(Nc2ccncc2C(=O)O)CCC1=O. The zero-order valence-electron chi connectivity index (χ0n) is 10.1. The number of carbonyl (C=O) groups is 2. The molecule has 2 heterocycles. The maximum atomic E-state index is 11.4. The van der Waals surface area contributed by atoms with Crippen molar-refractivity contribution in [2.75, 3.05) is 18.9 Å². The van der Waals surface area contributed by atoms with Crippen LogP contribution in [0.25, 0.3) is 0 Å². The lowest BCUT2D eigenvalue weighted by molar-refractivity contribution is -0.132. The van der Waals surface area contributed by atoms with E-state index in [9.17, 15) is 9.59 Å². The molecule has 18 heavy (non-hydrogen) atoms. The number of hydrogen-bond donors (Lipinski definition) is 2. The summed E-state index contributed by atoms with van der Waals surface area (Å²) in [5.41, 5.74) is 0.697. The number of carboxylic acids is 1. The number of hydrogen-bond acceptors (Lipinski definition) is 4. The van der Waals surface area contributed by atoms with Crippen LogP contribution in [0.2, 0.25) is 0 Å². The van der Waals surface area contributed by atoms with Crippen molar-refractivity contribution in [2.24, 2.45) is 0 Å². The van der Waals surface area contributed by atoms with E-state index in [4.69, 9.17) is 5.11 Å². The third-order valence-electron chi connectivity index (χ3n) is 3.04. The largest absolute Gasteiger partial charge is 0.478 e. The molecule has 1 aliphatic heterocycles. The third-order valence-corrected chi connectivity index (χ3v) is 3.04. The summed E-state index contributed by atoms with van der Waals surface area (Å²) in [4.78, 5) is 27.9. The van der Waals surface area contributed by atoms with E-state index in [1.807, 2.05) is 0 Å². The molecule has 0 aromatic carbocycles. The Kier molecular flexibility index (Phi) is 3.45. The maximum Gasteiger partial charge on any atom is 0.339 e. The van der Waals surface area contributed by atoms with Gasteiger partial charge in [0.05, 0.1) is 5.69 Å². The third kappa shape index (κ3) is 2.58. The lowest BCUT2D eigenvalue weighted by Gasteiger charge is -2.31. The molecule has 1 saturated heterocycles. The van der Waals surface area contributed by atoms with Gasteiger partial charge < -0.3 is 15.3 Å². The number of carbonyl (C=O) groups excluding carboxylic acids is 1. The van der Waals surface area contributed by atoms with Crippen molar-refractivity contribution >= 4 is 17.6 Å². The normalized spacial score (nSPS) is 19.7. The molecule has 0 spiro atoms. The number of likely N-dealkylation sites (tertiary alicyclic amines) is 1. The Morgan fingerprint density at radius 1 is 1.61 bits per heavy atom. The van der Waals surface area contributed by atoms with Crippen LogP contribution >= 0.6 is 0 Å². The number of nitrogens with one attached hydrogen (secondary N) is 1. The highest BCUT2D eigenvalue weighted by molar-refractivity contribution is 5.93. The Morgan fingerprint density at radius 2 is 2.39 bits per heavy atom. The molecule has 2 rings (SSSR count). The monoisotopic (exact) mass is 249 g/mol. The van der Waals surface area contributed by atoms with Gasteiger partial charge >= 0.3 is 5.97 Å². The highest BCUT2D eigenvalue weighted by Gasteiger charge is 2.23. The van der Waals surface area contributed by atoms with E-state index in [-0.39, 0.29) is 17.5 Å². The standard InChI is InChI=1S/C12H15N3O3/c1-15-7-8(2-3-11(15)16)14-10-4-5-13-6-9(10)12(17)18/h4-6,8H,2-3,7H2,1H3,(H,13,14)(H,17,18). The van der Waals surface area contributed by atoms with Gasteiger partial charge in [-0.25, -0.2) is 4.79 Å². The van der Waals surface area contributed by atoms with Gasteiger partial charge in [-0.3, -0.25) is 9.78 Å². The van der Waals surface area contributed by atoms with Crippen molar-refractivity contribution in [1.82, 2.24) is 9.88 Å². The van der Waals surface area contributed by atoms with Crippen molar-refractivity contribution < 1.29 is 14.7 Å². The minimum absolute atomic E-state index is 0.0770. The number of carboxylic acid groups (broad SMARTS) is 1. The van der Waals surface area contributed by atoms with Gasteiger partial charge in [0.2, 0.25) is 5.91 Å². The molecule has 1 aliphatic rings. The fourth-order valence-corrected chi connectivity index (χ4v) is 2.04. The zero-order valence-corrected chi connectivity index (χ0v) is 10.1. The number of piperidine rings is 1. The van der Waals surface area contributed by atoms with Crippen LogP contribution in [-0.4, -0.2) is 46.5 Å². The summed E-state index contributed by atoms with van der Waals surface area (Å²) in [7, 11) is 1.75. The van der Waals surface area contributed by atoms with E-state index in [0.717, 1.165) is 0 Å². The van der Waals surface area contributed by atoms with Crippen LogP contribution in [0.5, 0.6) is 0 Å². The van der Waals surface area contributed by atoms with Crippen LogP contribution in [0.3, 0.4) is 0 Å². The van der Waals surface area contributed by atoms with Gasteiger partial charge in [-0.05, 0) is 12.5 Å². The highest BCUT2D eigenvalue weighted by Crippen LogP contribution is 2.19. The van der Waals surface area contributed by atoms with Crippen molar-refractivity contribution in [2.45, 2.75) is 18.9 Å². The fourth-order valence-electron chi connectivity index (χ4n) is 2.04. The topological polar surface area (TPSA) is 82.5 Å². The van der Waals surface area contributed by atoms with Crippen LogP contribution in [0, 0.1) is 0 Å². The summed E-state index contributed by atoms with van der Waals surface area (Å²) in [6.07, 6.45) is 4.07. The molecule has 1 aromatic rings. The van der Waals surface area contributed by atoms with Crippen LogP contribution in [0.15, 0.2) is 18.5 Å². The molecule has 0 bridgehead atoms. The van der Waals surface area contributed by atoms with Crippen molar-refractivity contribution in [3.63, 3.8) is 0 Å². The van der Waals surface area contributed by atoms with Crippen LogP contribution in [0.1, 0.15) is 23.2 Å². The summed E-state index contributed by atoms with van der Waals surface area (Å²) >= 11 is 0. The quantitative estimate of drug-likeness (QED) is 0.828. The average molecular weight is 249 g/mol. The van der Waals surface area contributed by atoms with E-state index in [2.05, 4.69) is 10.3 Å². The average Bonchev–Trinajstić information content (AvgIpc) is 2.34. The molecule has 1 atom stereocenters. The van der Waals surface area contributed by atoms with Gasteiger partial charge in [0, 0.05) is 38.4 Å². The van der Waals surface area contributed by atoms with Crippen molar-refractivity contribution in [3.05, 3.63) is 24.0 Å². The molecule has 0 saturated carbocycles. The second kappa shape index (κ2) is 5.03. The zero-order chi connectivity index (χ0) is 13.1. The van der Waals surface area contributed by atoms with Gasteiger partial charge in [-0.15, -0.1) is 0 Å². The number of nitrogens with zero attached hydrogens (tertiary/aromatic N) is 2. The van der Waals surface area contributed by atoms with Crippen LogP contribution in [0.4, 0.5) is 5.69 Å². The van der Waals surface area contributed by atoms with E-state index in [0.29, 0.717) is 25.1 Å². The Labute approximate surface area is 105 Å². The molecule has 6 nitrogen and oxygen atoms in total. The number of rotatable bonds is 3. The Morgan fingerprint density at radius 3 is 3.06 bits per heavy atom. The summed E-state index contributed by atoms with van der Waals surface area (Å²) in [5, 5.41) is 12.2. The number of aromatic nitrogens is 1. The van der Waals surface area contributed by atoms with Crippen molar-refractivity contribution in [1.29, 1.82) is 0 Å². The van der Waals surface area contributed by atoms with Gasteiger partial charge in [0.1, 0.15) is 5.56 Å². The molecule has 6 heteroatoms. The van der Waals surface area contributed by atoms with Gasteiger partial charge in [0.15, 0.2) is 0 Å². The molecule has 2 N–H and O–H groups in total. The number of likely N-dealkylation sites (N-methyl/N-ethyl adjacent to an activating group) is 1. The van der Waals surface area contributed by atoms with Gasteiger partial charge in [-0.2, -0.15) is 0 Å². The summed E-state index contributed by atoms with van der Waals surface area (Å²) in [6.45, 7) is 0.584. The molecule has 1 unspecified atom stereocenters. The van der Waals surface area contributed by atoms with Gasteiger partial charge in [-0.1, -0.05) is 0 Å². The van der Waals surface area contributed by atoms with Gasteiger partial charge in [0.25, 0.3) is 0 Å². The molecular formula is C12H15N3O3. The molecule has 0 aliphatic carbocycles. The maximum absolute atomic E-state index is 11.4. The molecule has 1 aromatic heterocycles. The Balaban J connectivity index is 2.10. The van der Waals surface area contributed by atoms with Crippen molar-refractivity contribution in [3.8, 4) is 0 Å². The molecular weight excluding hydrogens is 234 g/mol. The predicted molar refractivity (Wildman–Crippen MR) is 65.5 cm³/mol. The first kappa shape index (κ1) is 12.3. The smallest absolute Gasteiger partial charge is 0.339 e. The van der Waals surface area contributed by atoms with E-state index < -0.39 is 5.97 Å². The number of aromatic carboxylic acids is 1. The molecule has 1 fully saturated rings.